The van der Waals surface area contributed by atoms with E-state index in [9.17, 15) is 8.42 Å². The second-order valence-electron chi connectivity index (χ2n) is 4.51. The Morgan fingerprint density at radius 1 is 1.44 bits per heavy atom. The van der Waals surface area contributed by atoms with Gasteiger partial charge in [0.2, 0.25) is 0 Å². The lowest BCUT2D eigenvalue weighted by molar-refractivity contribution is 0.586. The molecule has 3 heterocycles. The van der Waals surface area contributed by atoms with Crippen LogP contribution in [0.5, 0.6) is 0 Å². The van der Waals surface area contributed by atoms with Crippen LogP contribution in [-0.2, 0) is 16.3 Å². The smallest absolute Gasteiger partial charge is 0.155 e. The van der Waals surface area contributed by atoms with Gasteiger partial charge in [-0.3, -0.25) is 0 Å². The third-order valence-electron chi connectivity index (χ3n) is 3.21. The molecule has 3 rings (SSSR count). The largest absolute Gasteiger partial charge is 0.229 e. The monoisotopic (exact) mass is 285 g/mol. The summed E-state index contributed by atoms with van der Waals surface area (Å²) >= 11 is 5.86. The van der Waals surface area contributed by atoms with Gasteiger partial charge in [-0.25, -0.2) is 17.9 Å². The lowest BCUT2D eigenvalue weighted by Gasteiger charge is -2.04. The molecule has 0 saturated carbocycles. The molecule has 5 nitrogen and oxygen atoms in total. The average molecular weight is 286 g/mol. The van der Waals surface area contributed by atoms with Gasteiger partial charge in [-0.15, -0.1) is 0 Å². The van der Waals surface area contributed by atoms with Crippen molar-refractivity contribution in [1.82, 2.24) is 14.6 Å². The van der Waals surface area contributed by atoms with E-state index in [1.54, 1.807) is 22.8 Å². The Labute approximate surface area is 110 Å². The summed E-state index contributed by atoms with van der Waals surface area (Å²) in [7, 11) is -2.95. The lowest BCUT2D eigenvalue weighted by atomic mass is 10.2. The van der Waals surface area contributed by atoms with Gasteiger partial charge < -0.3 is 0 Å². The molecule has 1 unspecified atom stereocenters. The normalized spacial score (nSPS) is 22.6. The minimum Gasteiger partial charge on any atom is -0.229 e. The number of rotatable bonds is 2. The van der Waals surface area contributed by atoms with Crippen LogP contribution in [0.15, 0.2) is 18.3 Å². The molecule has 0 radical (unpaired) electrons. The minimum atomic E-state index is -2.95. The predicted octanol–water partition coefficient (Wildman–Crippen LogP) is 1.50. The van der Waals surface area contributed by atoms with E-state index in [-0.39, 0.29) is 11.0 Å². The van der Waals surface area contributed by atoms with Gasteiger partial charge in [0.1, 0.15) is 0 Å². The molecular weight excluding hydrogens is 274 g/mol. The Kier molecular flexibility index (Phi) is 2.79. The molecule has 7 heteroatoms. The zero-order valence-electron chi connectivity index (χ0n) is 9.58. The number of halogens is 1. The van der Waals surface area contributed by atoms with Crippen molar-refractivity contribution in [2.75, 3.05) is 5.75 Å². The lowest BCUT2D eigenvalue weighted by Crippen LogP contribution is -2.19. The first-order valence-corrected chi connectivity index (χ1v) is 7.86. The highest BCUT2D eigenvalue weighted by Gasteiger charge is 2.32. The molecule has 1 atom stereocenters. The minimum absolute atomic E-state index is 0.289. The maximum Gasteiger partial charge on any atom is 0.155 e. The summed E-state index contributed by atoms with van der Waals surface area (Å²) in [5.74, 6) is 0.851. The first-order chi connectivity index (χ1) is 8.54. The van der Waals surface area contributed by atoms with Crippen LogP contribution in [-0.4, -0.2) is 34.0 Å². The fraction of sp³-hybridized carbons (Fsp3) is 0.455. The molecule has 1 fully saturated rings. The van der Waals surface area contributed by atoms with Gasteiger partial charge in [0, 0.05) is 12.6 Å². The second-order valence-corrected chi connectivity index (χ2v) is 7.35. The van der Waals surface area contributed by atoms with Gasteiger partial charge in [0.25, 0.3) is 0 Å². The Morgan fingerprint density at radius 3 is 3.00 bits per heavy atom. The van der Waals surface area contributed by atoms with E-state index in [1.807, 2.05) is 0 Å². The van der Waals surface area contributed by atoms with Gasteiger partial charge in [-0.1, -0.05) is 11.6 Å². The number of hydrogen-bond donors (Lipinski definition) is 0. The highest BCUT2D eigenvalue weighted by molar-refractivity contribution is 7.92. The molecule has 2 aromatic rings. The number of aromatic nitrogens is 3. The van der Waals surface area contributed by atoms with E-state index < -0.39 is 9.84 Å². The van der Waals surface area contributed by atoms with Crippen LogP contribution in [0.3, 0.4) is 0 Å². The molecule has 0 aromatic carbocycles. The van der Waals surface area contributed by atoms with E-state index in [4.69, 9.17) is 11.6 Å². The molecule has 1 aliphatic rings. The SMILES string of the molecule is O=S1(=O)CCCC1Cc1nc2ccc(Cl)cn2n1. The Balaban J connectivity index is 1.91. The standard InChI is InChI=1S/C11H12ClN3O2S/c12-8-3-4-11-13-10(14-15(11)7-8)6-9-2-1-5-18(9,16)17/h3-4,7,9H,1-2,5-6H2. The molecule has 0 amide bonds. The van der Waals surface area contributed by atoms with Crippen molar-refractivity contribution in [2.24, 2.45) is 0 Å². The van der Waals surface area contributed by atoms with Crippen molar-refractivity contribution >= 4 is 27.1 Å². The van der Waals surface area contributed by atoms with Crippen LogP contribution in [0.2, 0.25) is 5.02 Å². The first kappa shape index (κ1) is 11.9. The summed E-state index contributed by atoms with van der Waals surface area (Å²) in [5.41, 5.74) is 0.685. The number of sulfone groups is 1. The van der Waals surface area contributed by atoms with E-state index in [1.165, 1.54) is 0 Å². The summed E-state index contributed by atoms with van der Waals surface area (Å²) in [5, 5.41) is 4.51. The highest BCUT2D eigenvalue weighted by atomic mass is 35.5. The summed E-state index contributed by atoms with van der Waals surface area (Å²) < 4.78 is 25.1. The molecule has 0 bridgehead atoms. The van der Waals surface area contributed by atoms with Crippen molar-refractivity contribution in [2.45, 2.75) is 24.5 Å². The van der Waals surface area contributed by atoms with E-state index in [2.05, 4.69) is 10.1 Å². The van der Waals surface area contributed by atoms with Crippen LogP contribution < -0.4 is 0 Å². The van der Waals surface area contributed by atoms with Crippen molar-refractivity contribution in [3.05, 3.63) is 29.2 Å². The molecule has 1 saturated heterocycles. The third kappa shape index (κ3) is 2.10. The molecule has 0 N–H and O–H groups in total. The van der Waals surface area contributed by atoms with Gasteiger partial charge in [0.05, 0.1) is 16.0 Å². The summed E-state index contributed by atoms with van der Waals surface area (Å²) in [6, 6.07) is 3.50. The van der Waals surface area contributed by atoms with E-state index in [0.29, 0.717) is 29.3 Å². The van der Waals surface area contributed by atoms with Crippen molar-refractivity contribution in [3.63, 3.8) is 0 Å². The zero-order valence-corrected chi connectivity index (χ0v) is 11.2. The van der Waals surface area contributed by atoms with Crippen molar-refractivity contribution < 1.29 is 8.42 Å². The maximum atomic E-state index is 11.8. The van der Waals surface area contributed by atoms with Crippen LogP contribution in [0.4, 0.5) is 0 Å². The second kappa shape index (κ2) is 4.20. The van der Waals surface area contributed by atoms with Crippen LogP contribution in [0.25, 0.3) is 5.65 Å². The molecule has 0 spiro atoms. The predicted molar refractivity (Wildman–Crippen MR) is 68.5 cm³/mol. The van der Waals surface area contributed by atoms with Crippen molar-refractivity contribution in [1.29, 1.82) is 0 Å². The molecule has 96 valence electrons. The van der Waals surface area contributed by atoms with Crippen molar-refractivity contribution in [3.8, 4) is 0 Å². The van der Waals surface area contributed by atoms with Crippen LogP contribution in [0, 0.1) is 0 Å². The van der Waals surface area contributed by atoms with E-state index in [0.717, 1.165) is 6.42 Å². The van der Waals surface area contributed by atoms with Crippen LogP contribution >= 0.6 is 11.6 Å². The number of pyridine rings is 1. The molecule has 1 aliphatic heterocycles. The van der Waals surface area contributed by atoms with Gasteiger partial charge in [0.15, 0.2) is 21.3 Å². The molecule has 0 aliphatic carbocycles. The summed E-state index contributed by atoms with van der Waals surface area (Å²) in [6.45, 7) is 0. The summed E-state index contributed by atoms with van der Waals surface area (Å²) in [4.78, 5) is 4.31. The number of nitrogens with zero attached hydrogens (tertiary/aromatic N) is 3. The highest BCUT2D eigenvalue weighted by Crippen LogP contribution is 2.23. The number of fused-ring (bicyclic) bond motifs is 1. The topological polar surface area (TPSA) is 64.3 Å². The van der Waals surface area contributed by atoms with Gasteiger partial charge in [-0.2, -0.15) is 5.10 Å². The van der Waals surface area contributed by atoms with Gasteiger partial charge in [-0.05, 0) is 25.0 Å². The Morgan fingerprint density at radius 2 is 2.28 bits per heavy atom. The Hall–Kier alpha value is -1.14. The first-order valence-electron chi connectivity index (χ1n) is 5.77. The maximum absolute atomic E-state index is 11.8. The molecule has 2 aromatic heterocycles. The fourth-order valence-electron chi connectivity index (χ4n) is 2.28. The average Bonchev–Trinajstić information content (AvgIpc) is 2.82. The quantitative estimate of drug-likeness (QED) is 0.839. The zero-order chi connectivity index (χ0) is 12.8. The van der Waals surface area contributed by atoms with Crippen LogP contribution in [0.1, 0.15) is 18.7 Å². The van der Waals surface area contributed by atoms with E-state index >= 15 is 0 Å². The third-order valence-corrected chi connectivity index (χ3v) is 5.71. The molecule has 18 heavy (non-hydrogen) atoms. The number of hydrogen-bond acceptors (Lipinski definition) is 4. The van der Waals surface area contributed by atoms with Gasteiger partial charge >= 0.3 is 0 Å². The Bertz CT molecular complexity index is 695. The summed E-state index contributed by atoms with van der Waals surface area (Å²) in [6.07, 6.45) is 3.50. The fourth-order valence-corrected chi connectivity index (χ4v) is 4.27. The molecular formula is C11H12ClN3O2S.